The van der Waals surface area contributed by atoms with E-state index in [0.29, 0.717) is 10.7 Å². The van der Waals surface area contributed by atoms with E-state index < -0.39 is 5.91 Å². The molecule has 1 N–H and O–H groups in total. The summed E-state index contributed by atoms with van der Waals surface area (Å²) < 4.78 is 0. The molecule has 0 atom stereocenters. The number of amides is 1. The van der Waals surface area contributed by atoms with Crippen LogP contribution in [0.5, 0.6) is 0 Å². The third-order valence-corrected chi connectivity index (χ3v) is 2.11. The summed E-state index contributed by atoms with van der Waals surface area (Å²) in [5.74, 6) is -0.441. The fraction of sp³-hybridized carbons (Fsp3) is 0.167. The van der Waals surface area contributed by atoms with Gasteiger partial charge in [-0.05, 0) is 24.3 Å². The van der Waals surface area contributed by atoms with Gasteiger partial charge in [0.15, 0.2) is 0 Å². The number of carbonyl (C=O) groups excluding carboxylic acids is 1. The SMILES string of the molecule is CN(C)C=C(C#N)C(=O)Nc1ccc(Cl)cc1. The van der Waals surface area contributed by atoms with Crippen LogP contribution in [0.4, 0.5) is 5.69 Å². The lowest BCUT2D eigenvalue weighted by Gasteiger charge is -2.07. The maximum atomic E-state index is 11.7. The minimum atomic E-state index is -0.441. The van der Waals surface area contributed by atoms with Crippen molar-refractivity contribution in [2.75, 3.05) is 19.4 Å². The zero-order chi connectivity index (χ0) is 12.8. The second-order valence-electron chi connectivity index (χ2n) is 3.58. The Morgan fingerprint density at radius 1 is 1.41 bits per heavy atom. The summed E-state index contributed by atoms with van der Waals surface area (Å²) in [5.41, 5.74) is 0.643. The van der Waals surface area contributed by atoms with Crippen molar-refractivity contribution < 1.29 is 4.79 Å². The van der Waals surface area contributed by atoms with Gasteiger partial charge in [-0.25, -0.2) is 0 Å². The van der Waals surface area contributed by atoms with Gasteiger partial charge in [-0.15, -0.1) is 0 Å². The molecule has 0 unspecified atom stereocenters. The average molecular weight is 250 g/mol. The third-order valence-electron chi connectivity index (χ3n) is 1.85. The largest absolute Gasteiger partial charge is 0.382 e. The number of anilines is 1. The summed E-state index contributed by atoms with van der Waals surface area (Å²) in [6.07, 6.45) is 1.46. The summed E-state index contributed by atoms with van der Waals surface area (Å²) in [4.78, 5) is 13.3. The van der Waals surface area contributed by atoms with E-state index in [1.165, 1.54) is 6.20 Å². The molecule has 0 heterocycles. The Hall–Kier alpha value is -1.99. The molecule has 0 bridgehead atoms. The molecular weight excluding hydrogens is 238 g/mol. The fourth-order valence-electron chi connectivity index (χ4n) is 1.13. The molecule has 0 spiro atoms. The first-order valence-electron chi connectivity index (χ1n) is 4.88. The highest BCUT2D eigenvalue weighted by Crippen LogP contribution is 2.14. The van der Waals surface area contributed by atoms with E-state index in [2.05, 4.69) is 5.32 Å². The minimum Gasteiger partial charge on any atom is -0.382 e. The molecular formula is C12H12ClN3O. The van der Waals surface area contributed by atoms with Crippen LogP contribution in [0.3, 0.4) is 0 Å². The predicted octanol–water partition coefficient (Wildman–Crippen LogP) is 2.25. The minimum absolute atomic E-state index is 0.0462. The van der Waals surface area contributed by atoms with Crippen molar-refractivity contribution in [2.45, 2.75) is 0 Å². The topological polar surface area (TPSA) is 56.1 Å². The van der Waals surface area contributed by atoms with Crippen LogP contribution in [0, 0.1) is 11.3 Å². The maximum absolute atomic E-state index is 11.7. The van der Waals surface area contributed by atoms with Crippen molar-refractivity contribution in [3.8, 4) is 6.07 Å². The number of carbonyl (C=O) groups is 1. The number of rotatable bonds is 3. The van der Waals surface area contributed by atoms with E-state index >= 15 is 0 Å². The molecule has 0 aliphatic carbocycles. The van der Waals surface area contributed by atoms with Crippen molar-refractivity contribution >= 4 is 23.2 Å². The summed E-state index contributed by atoms with van der Waals surface area (Å²) in [6, 6.07) is 8.52. The van der Waals surface area contributed by atoms with Gasteiger partial charge >= 0.3 is 0 Å². The van der Waals surface area contributed by atoms with Gasteiger partial charge in [-0.3, -0.25) is 4.79 Å². The monoisotopic (exact) mass is 249 g/mol. The van der Waals surface area contributed by atoms with E-state index in [0.717, 1.165) is 0 Å². The smallest absolute Gasteiger partial charge is 0.267 e. The molecule has 0 saturated heterocycles. The molecule has 1 rings (SSSR count). The second-order valence-corrected chi connectivity index (χ2v) is 4.02. The van der Waals surface area contributed by atoms with Crippen molar-refractivity contribution in [1.29, 1.82) is 5.26 Å². The first kappa shape index (κ1) is 13.1. The molecule has 17 heavy (non-hydrogen) atoms. The zero-order valence-electron chi connectivity index (χ0n) is 9.57. The van der Waals surface area contributed by atoms with Gasteiger partial charge < -0.3 is 10.2 Å². The van der Waals surface area contributed by atoms with Gasteiger partial charge in [-0.2, -0.15) is 5.26 Å². The standard InChI is InChI=1S/C12H12ClN3O/c1-16(2)8-9(7-14)12(17)15-11-5-3-10(13)4-6-11/h3-6,8H,1-2H3,(H,15,17). The zero-order valence-corrected chi connectivity index (χ0v) is 10.3. The van der Waals surface area contributed by atoms with Gasteiger partial charge in [-0.1, -0.05) is 11.6 Å². The molecule has 5 heteroatoms. The molecule has 0 aliphatic heterocycles. The lowest BCUT2D eigenvalue weighted by Crippen LogP contribution is -2.16. The number of nitrogens with zero attached hydrogens (tertiary/aromatic N) is 2. The predicted molar refractivity (Wildman–Crippen MR) is 67.5 cm³/mol. The Morgan fingerprint density at radius 2 is 2.00 bits per heavy atom. The number of hydrogen-bond donors (Lipinski definition) is 1. The molecule has 1 amide bonds. The normalized spacial score (nSPS) is 10.6. The van der Waals surface area contributed by atoms with E-state index in [1.807, 2.05) is 6.07 Å². The molecule has 0 aromatic heterocycles. The Morgan fingerprint density at radius 3 is 2.47 bits per heavy atom. The number of benzene rings is 1. The average Bonchev–Trinajstić information content (AvgIpc) is 2.28. The summed E-state index contributed by atoms with van der Waals surface area (Å²) in [6.45, 7) is 0. The van der Waals surface area contributed by atoms with Crippen LogP contribution in [0.25, 0.3) is 0 Å². The summed E-state index contributed by atoms with van der Waals surface area (Å²) in [7, 11) is 3.49. The van der Waals surface area contributed by atoms with E-state index in [1.54, 1.807) is 43.3 Å². The van der Waals surface area contributed by atoms with Gasteiger partial charge in [0.05, 0.1) is 0 Å². The number of halogens is 1. The lowest BCUT2D eigenvalue weighted by atomic mass is 10.2. The molecule has 1 aromatic carbocycles. The van der Waals surface area contributed by atoms with Crippen LogP contribution in [-0.4, -0.2) is 24.9 Å². The fourth-order valence-corrected chi connectivity index (χ4v) is 1.25. The van der Waals surface area contributed by atoms with E-state index in [9.17, 15) is 4.79 Å². The Bertz CT molecular complexity index is 472. The highest BCUT2D eigenvalue weighted by molar-refractivity contribution is 6.30. The van der Waals surface area contributed by atoms with Crippen molar-refractivity contribution in [3.05, 3.63) is 41.1 Å². The molecule has 88 valence electrons. The van der Waals surface area contributed by atoms with Gasteiger partial charge in [0, 0.05) is 31.0 Å². The van der Waals surface area contributed by atoms with Crippen LogP contribution in [-0.2, 0) is 4.79 Å². The Balaban J connectivity index is 2.79. The van der Waals surface area contributed by atoms with Crippen LogP contribution >= 0.6 is 11.6 Å². The summed E-state index contributed by atoms with van der Waals surface area (Å²) >= 11 is 5.72. The molecule has 4 nitrogen and oxygen atoms in total. The van der Waals surface area contributed by atoms with Crippen LogP contribution in [0.1, 0.15) is 0 Å². The number of hydrogen-bond acceptors (Lipinski definition) is 3. The first-order chi connectivity index (χ1) is 8.02. The highest BCUT2D eigenvalue weighted by Gasteiger charge is 2.09. The van der Waals surface area contributed by atoms with Crippen molar-refractivity contribution in [1.82, 2.24) is 4.90 Å². The maximum Gasteiger partial charge on any atom is 0.267 e. The molecule has 0 fully saturated rings. The van der Waals surface area contributed by atoms with Crippen LogP contribution in [0.15, 0.2) is 36.0 Å². The number of nitriles is 1. The van der Waals surface area contributed by atoms with E-state index in [4.69, 9.17) is 16.9 Å². The lowest BCUT2D eigenvalue weighted by molar-refractivity contribution is -0.112. The van der Waals surface area contributed by atoms with Crippen LogP contribution < -0.4 is 5.32 Å². The Labute approximate surface area is 105 Å². The van der Waals surface area contributed by atoms with Crippen molar-refractivity contribution in [2.24, 2.45) is 0 Å². The summed E-state index contributed by atoms with van der Waals surface area (Å²) in [5, 5.41) is 12.0. The van der Waals surface area contributed by atoms with E-state index in [-0.39, 0.29) is 5.57 Å². The van der Waals surface area contributed by atoms with Gasteiger partial charge in [0.2, 0.25) is 0 Å². The highest BCUT2D eigenvalue weighted by atomic mass is 35.5. The van der Waals surface area contributed by atoms with Crippen LogP contribution in [0.2, 0.25) is 5.02 Å². The van der Waals surface area contributed by atoms with Crippen molar-refractivity contribution in [3.63, 3.8) is 0 Å². The third kappa shape index (κ3) is 4.17. The van der Waals surface area contributed by atoms with Gasteiger partial charge in [0.1, 0.15) is 11.6 Å². The number of nitrogens with one attached hydrogen (secondary N) is 1. The molecule has 0 radical (unpaired) electrons. The Kier molecular flexibility index (Phi) is 4.56. The molecule has 0 aliphatic rings. The quantitative estimate of drug-likeness (QED) is 0.660. The molecule has 1 aromatic rings. The second kappa shape index (κ2) is 5.92. The first-order valence-corrected chi connectivity index (χ1v) is 5.26. The van der Waals surface area contributed by atoms with Gasteiger partial charge in [0.25, 0.3) is 5.91 Å². The molecule has 0 saturated carbocycles.